The fourth-order valence-electron chi connectivity index (χ4n) is 3.57. The summed E-state index contributed by atoms with van der Waals surface area (Å²) >= 11 is 5.26. The van der Waals surface area contributed by atoms with E-state index in [1.807, 2.05) is 0 Å². The van der Waals surface area contributed by atoms with Crippen LogP contribution in [0.3, 0.4) is 0 Å². The summed E-state index contributed by atoms with van der Waals surface area (Å²) in [7, 11) is 0. The van der Waals surface area contributed by atoms with Crippen molar-refractivity contribution in [1.29, 1.82) is 0 Å². The van der Waals surface area contributed by atoms with Gasteiger partial charge in [0, 0.05) is 19.0 Å². The van der Waals surface area contributed by atoms with Gasteiger partial charge in [0.05, 0.1) is 18.1 Å². The van der Waals surface area contributed by atoms with Crippen LogP contribution in [0.15, 0.2) is 0 Å². The van der Waals surface area contributed by atoms with Gasteiger partial charge in [-0.15, -0.1) is 0 Å². The van der Waals surface area contributed by atoms with Crippen molar-refractivity contribution < 1.29 is 9.53 Å². The molecule has 4 rings (SSSR count). The normalized spacial score (nSPS) is 30.8. The molecule has 0 aromatic carbocycles. The van der Waals surface area contributed by atoms with Gasteiger partial charge in [-0.25, -0.2) is 0 Å². The predicted octanol–water partition coefficient (Wildman–Crippen LogP) is 1.50. The van der Waals surface area contributed by atoms with Crippen molar-refractivity contribution >= 4 is 18.1 Å². The minimum absolute atomic E-state index is 0.0491. The monoisotopic (exact) mass is 308 g/mol. The molecule has 2 aliphatic heterocycles. The van der Waals surface area contributed by atoms with Gasteiger partial charge in [-0.3, -0.25) is 9.89 Å². The lowest BCUT2D eigenvalue weighted by atomic mass is 9.88. The zero-order valence-electron chi connectivity index (χ0n) is 11.9. The third kappa shape index (κ3) is 2.53. The molecule has 1 aromatic heterocycles. The number of carbonyl (C=O) groups excluding carboxylic acids is 1. The molecule has 2 saturated heterocycles. The Morgan fingerprint density at radius 2 is 2.29 bits per heavy atom. The van der Waals surface area contributed by atoms with Crippen LogP contribution in [0.1, 0.15) is 44.0 Å². The topological polar surface area (TPSA) is 71.9 Å². The van der Waals surface area contributed by atoms with E-state index in [4.69, 9.17) is 17.0 Å². The summed E-state index contributed by atoms with van der Waals surface area (Å²) < 4.78 is 8.53. The van der Waals surface area contributed by atoms with Gasteiger partial charge < -0.3 is 14.6 Å². The van der Waals surface area contributed by atoms with Gasteiger partial charge in [0.2, 0.25) is 5.91 Å². The summed E-state index contributed by atoms with van der Waals surface area (Å²) in [6.07, 6.45) is 6.57. The first-order valence-electron chi connectivity index (χ1n) is 7.81. The van der Waals surface area contributed by atoms with Crippen LogP contribution >= 0.6 is 12.2 Å². The number of hydrogen-bond acceptors (Lipinski definition) is 4. The Morgan fingerprint density at radius 3 is 2.95 bits per heavy atom. The Balaban J connectivity index is 1.31. The molecule has 2 bridgehead atoms. The Labute approximate surface area is 128 Å². The summed E-state index contributed by atoms with van der Waals surface area (Å²) in [6.45, 7) is 0.610. The second kappa shape index (κ2) is 5.21. The van der Waals surface area contributed by atoms with E-state index in [9.17, 15) is 4.79 Å². The number of fused-ring (bicyclic) bond motifs is 2. The number of carbonyl (C=O) groups is 1. The predicted molar refractivity (Wildman–Crippen MR) is 78.4 cm³/mol. The van der Waals surface area contributed by atoms with Crippen molar-refractivity contribution in [2.45, 2.75) is 56.8 Å². The van der Waals surface area contributed by atoms with Gasteiger partial charge in [0.15, 0.2) is 4.77 Å². The zero-order chi connectivity index (χ0) is 14.4. The Morgan fingerprint density at radius 1 is 1.43 bits per heavy atom. The van der Waals surface area contributed by atoms with E-state index in [1.165, 1.54) is 12.8 Å². The lowest BCUT2D eigenvalue weighted by Gasteiger charge is -2.17. The van der Waals surface area contributed by atoms with Gasteiger partial charge in [-0.05, 0) is 44.3 Å². The third-order valence-corrected chi connectivity index (χ3v) is 5.07. The van der Waals surface area contributed by atoms with Crippen LogP contribution in [0.5, 0.6) is 0 Å². The highest BCUT2D eigenvalue weighted by molar-refractivity contribution is 7.71. The number of hydrogen-bond donors (Lipinski definition) is 2. The molecule has 1 amide bonds. The van der Waals surface area contributed by atoms with Gasteiger partial charge in [0.25, 0.3) is 0 Å². The molecule has 0 spiro atoms. The quantitative estimate of drug-likeness (QED) is 0.809. The molecule has 1 aliphatic carbocycles. The van der Waals surface area contributed by atoms with Gasteiger partial charge >= 0.3 is 0 Å². The molecular formula is C14H20N4O2S. The second-order valence-corrected chi connectivity index (χ2v) is 6.69. The van der Waals surface area contributed by atoms with Crippen LogP contribution in [-0.4, -0.2) is 39.4 Å². The van der Waals surface area contributed by atoms with Crippen LogP contribution in [0.25, 0.3) is 0 Å². The maximum Gasteiger partial charge on any atom is 0.225 e. The smallest absolute Gasteiger partial charge is 0.225 e. The van der Waals surface area contributed by atoms with E-state index >= 15 is 0 Å². The molecule has 3 unspecified atom stereocenters. The lowest BCUT2D eigenvalue weighted by Crippen LogP contribution is -2.37. The molecule has 2 N–H and O–H groups in total. The molecule has 1 saturated carbocycles. The van der Waals surface area contributed by atoms with Gasteiger partial charge in [0.1, 0.15) is 5.82 Å². The minimum Gasteiger partial charge on any atom is -0.374 e. The van der Waals surface area contributed by atoms with Crippen LogP contribution < -0.4 is 5.32 Å². The zero-order valence-corrected chi connectivity index (χ0v) is 12.7. The average molecular weight is 308 g/mol. The SMILES string of the molecule is O=C(NCCc1n[nH]c(=S)n1C1CC1)C1CC2CCC1O2. The highest BCUT2D eigenvalue weighted by Crippen LogP contribution is 2.38. The molecule has 1 aromatic rings. The summed E-state index contributed by atoms with van der Waals surface area (Å²) in [5.41, 5.74) is 0. The largest absolute Gasteiger partial charge is 0.374 e. The number of aromatic nitrogens is 3. The summed E-state index contributed by atoms with van der Waals surface area (Å²) in [5.74, 6) is 1.13. The van der Waals surface area contributed by atoms with Crippen LogP contribution in [-0.2, 0) is 16.0 Å². The molecule has 0 radical (unpaired) electrons. The van der Waals surface area contributed by atoms with Crippen molar-refractivity contribution in [3.8, 4) is 0 Å². The van der Waals surface area contributed by atoms with E-state index in [1.54, 1.807) is 0 Å². The Bertz CT molecular complexity index is 606. The van der Waals surface area contributed by atoms with Crippen molar-refractivity contribution in [2.75, 3.05) is 6.54 Å². The first kappa shape index (κ1) is 13.5. The molecule has 3 heterocycles. The maximum absolute atomic E-state index is 12.2. The highest BCUT2D eigenvalue weighted by atomic mass is 32.1. The second-order valence-electron chi connectivity index (χ2n) is 6.30. The van der Waals surface area contributed by atoms with Crippen LogP contribution in [0.2, 0.25) is 0 Å². The fraction of sp³-hybridized carbons (Fsp3) is 0.786. The van der Waals surface area contributed by atoms with Crippen molar-refractivity contribution in [3.63, 3.8) is 0 Å². The van der Waals surface area contributed by atoms with Crippen molar-refractivity contribution in [3.05, 3.63) is 10.6 Å². The third-order valence-electron chi connectivity index (χ3n) is 4.78. The molecular weight excluding hydrogens is 288 g/mol. The number of H-pyrrole nitrogens is 1. The van der Waals surface area contributed by atoms with E-state index in [0.717, 1.165) is 31.5 Å². The molecule has 21 heavy (non-hydrogen) atoms. The summed E-state index contributed by atoms with van der Waals surface area (Å²) in [6, 6.07) is 0.515. The number of nitrogens with zero attached hydrogens (tertiary/aromatic N) is 2. The summed E-state index contributed by atoms with van der Waals surface area (Å²) in [5, 5.41) is 10.2. The molecule has 114 valence electrons. The number of aromatic amines is 1. The Kier molecular flexibility index (Phi) is 3.34. The molecule has 3 atom stereocenters. The molecule has 6 nitrogen and oxygen atoms in total. The Hall–Kier alpha value is -1.21. The maximum atomic E-state index is 12.2. The first-order chi connectivity index (χ1) is 10.2. The highest BCUT2D eigenvalue weighted by Gasteiger charge is 2.44. The molecule has 3 fully saturated rings. The minimum atomic E-state index is 0.0491. The van der Waals surface area contributed by atoms with Crippen LogP contribution in [0.4, 0.5) is 0 Å². The number of nitrogens with one attached hydrogen (secondary N) is 2. The van der Waals surface area contributed by atoms with Crippen LogP contribution in [0, 0.1) is 10.7 Å². The van der Waals surface area contributed by atoms with Gasteiger partial charge in [-0.1, -0.05) is 0 Å². The average Bonchev–Trinajstić information content (AvgIpc) is 2.93. The molecule has 7 heteroatoms. The molecule has 3 aliphatic rings. The number of amides is 1. The summed E-state index contributed by atoms with van der Waals surface area (Å²) in [4.78, 5) is 12.2. The first-order valence-corrected chi connectivity index (χ1v) is 8.22. The van der Waals surface area contributed by atoms with Gasteiger partial charge in [-0.2, -0.15) is 5.10 Å². The van der Waals surface area contributed by atoms with E-state index < -0.39 is 0 Å². The van der Waals surface area contributed by atoms with Crippen molar-refractivity contribution in [2.24, 2.45) is 5.92 Å². The van der Waals surface area contributed by atoms with E-state index in [2.05, 4.69) is 20.1 Å². The fourth-order valence-corrected chi connectivity index (χ4v) is 3.87. The standard InChI is InChI=1S/C14H20N4O2S/c19-13(10-7-9-3-4-11(10)20-9)15-6-5-12-16-17-14(21)18(12)8-1-2-8/h8-11H,1-7H2,(H,15,19)(H,17,21). The lowest BCUT2D eigenvalue weighted by molar-refractivity contribution is -0.126. The van der Waals surface area contributed by atoms with E-state index in [-0.39, 0.29) is 17.9 Å². The number of rotatable bonds is 5. The van der Waals surface area contributed by atoms with E-state index in [0.29, 0.717) is 23.5 Å². The number of ether oxygens (including phenoxy) is 1. The van der Waals surface area contributed by atoms with Crippen molar-refractivity contribution in [1.82, 2.24) is 20.1 Å².